The summed E-state index contributed by atoms with van der Waals surface area (Å²) in [7, 11) is 0. The van der Waals surface area contributed by atoms with Crippen LogP contribution in [-0.2, 0) is 12.8 Å². The van der Waals surface area contributed by atoms with Crippen LogP contribution in [0, 0.1) is 11.7 Å². The summed E-state index contributed by atoms with van der Waals surface area (Å²) in [5, 5.41) is 5.60. The molecule has 114 valence electrons. The number of nitrogens with zero attached hydrogens (tertiary/aromatic N) is 1. The van der Waals surface area contributed by atoms with Gasteiger partial charge in [0.05, 0.1) is 11.2 Å². The first-order valence-electron chi connectivity index (χ1n) is 7.29. The molecule has 0 amide bonds. The molecule has 2 rings (SSSR count). The molecule has 1 aromatic heterocycles. The summed E-state index contributed by atoms with van der Waals surface area (Å²) in [6, 6.07) is 7.05. The van der Waals surface area contributed by atoms with Crippen LogP contribution in [0.5, 0.6) is 0 Å². The first kappa shape index (κ1) is 16.1. The van der Waals surface area contributed by atoms with Gasteiger partial charge in [-0.25, -0.2) is 9.37 Å². The highest BCUT2D eigenvalue weighted by molar-refractivity contribution is 7.07. The van der Waals surface area contributed by atoms with Crippen LogP contribution in [0.4, 0.5) is 4.39 Å². The quantitative estimate of drug-likeness (QED) is 0.870. The van der Waals surface area contributed by atoms with Crippen LogP contribution in [-0.4, -0.2) is 17.1 Å². The van der Waals surface area contributed by atoms with Gasteiger partial charge in [0.2, 0.25) is 0 Å². The van der Waals surface area contributed by atoms with Gasteiger partial charge in [-0.2, -0.15) is 0 Å². The van der Waals surface area contributed by atoms with Crippen LogP contribution < -0.4 is 5.32 Å². The zero-order chi connectivity index (χ0) is 15.3. The number of halogens is 1. The Balaban J connectivity index is 2.06. The average molecular weight is 306 g/mol. The minimum Gasteiger partial charge on any atom is -0.312 e. The molecule has 0 saturated carbocycles. The predicted molar refractivity (Wildman–Crippen MR) is 87.2 cm³/mol. The minimum absolute atomic E-state index is 0.0650. The summed E-state index contributed by atoms with van der Waals surface area (Å²) in [5.74, 6) is 0.222. The maximum atomic E-state index is 13.9. The van der Waals surface area contributed by atoms with Crippen molar-refractivity contribution >= 4 is 11.3 Å². The van der Waals surface area contributed by atoms with Crippen molar-refractivity contribution in [3.8, 4) is 0 Å². The van der Waals surface area contributed by atoms with E-state index in [-0.39, 0.29) is 11.4 Å². The van der Waals surface area contributed by atoms with Crippen molar-refractivity contribution in [1.29, 1.82) is 0 Å². The van der Waals surface area contributed by atoms with Gasteiger partial charge in [0.1, 0.15) is 5.82 Å². The lowest BCUT2D eigenvalue weighted by atomic mass is 9.93. The molecule has 2 nitrogen and oxygen atoms in total. The normalized spacial score (nSPS) is 13.3. The second kappa shape index (κ2) is 7.14. The van der Waals surface area contributed by atoms with Gasteiger partial charge in [-0.15, -0.1) is 11.3 Å². The predicted octanol–water partition coefficient (Wildman–Crippen LogP) is 4.07. The molecule has 1 atom stereocenters. The molecule has 4 heteroatoms. The highest BCUT2D eigenvalue weighted by Gasteiger charge is 2.17. The van der Waals surface area contributed by atoms with Gasteiger partial charge < -0.3 is 5.32 Å². The minimum atomic E-state index is -0.114. The summed E-state index contributed by atoms with van der Waals surface area (Å²) in [6.07, 6.45) is 1.61. The fraction of sp³-hybridized carbons (Fsp3) is 0.471. The second-order valence-corrected chi connectivity index (χ2v) is 7.20. The Labute approximate surface area is 130 Å². The van der Waals surface area contributed by atoms with Crippen LogP contribution >= 0.6 is 11.3 Å². The molecule has 0 radical (unpaired) electrons. The van der Waals surface area contributed by atoms with E-state index in [1.165, 1.54) is 6.07 Å². The molecule has 1 aromatic carbocycles. The standard InChI is InChI=1S/C17H23FN2S/c1-17(2,3)20-10-13(9-15-11-21-12-19-15)8-14-6-4-5-7-16(14)18/h4-7,11-13,20H,8-10H2,1-3H3. The highest BCUT2D eigenvalue weighted by Crippen LogP contribution is 2.17. The van der Waals surface area contributed by atoms with Crippen molar-refractivity contribution in [2.24, 2.45) is 5.92 Å². The third kappa shape index (κ3) is 5.56. The Morgan fingerprint density at radius 3 is 2.62 bits per heavy atom. The molecule has 0 spiro atoms. The first-order chi connectivity index (χ1) is 9.94. The number of benzene rings is 1. The summed E-state index contributed by atoms with van der Waals surface area (Å²) < 4.78 is 13.9. The molecule has 1 heterocycles. The largest absolute Gasteiger partial charge is 0.312 e. The van der Waals surface area contributed by atoms with E-state index in [0.717, 1.165) is 30.6 Å². The SMILES string of the molecule is CC(C)(C)NCC(Cc1cscn1)Cc1ccccc1F. The van der Waals surface area contributed by atoms with E-state index in [9.17, 15) is 4.39 Å². The third-order valence-electron chi connectivity index (χ3n) is 3.37. The monoisotopic (exact) mass is 306 g/mol. The van der Waals surface area contributed by atoms with Crippen LogP contribution in [0.2, 0.25) is 0 Å². The van der Waals surface area contributed by atoms with Gasteiger partial charge in [0, 0.05) is 10.9 Å². The van der Waals surface area contributed by atoms with Crippen molar-refractivity contribution in [3.63, 3.8) is 0 Å². The van der Waals surface area contributed by atoms with Gasteiger partial charge in [0.25, 0.3) is 0 Å². The summed E-state index contributed by atoms with van der Waals surface area (Å²) in [4.78, 5) is 4.36. The molecule has 0 aliphatic carbocycles. The van der Waals surface area contributed by atoms with E-state index >= 15 is 0 Å². The molecule has 0 aliphatic heterocycles. The Hall–Kier alpha value is -1.26. The Morgan fingerprint density at radius 1 is 1.24 bits per heavy atom. The molecule has 2 aromatic rings. The third-order valence-corrected chi connectivity index (χ3v) is 4.00. The maximum Gasteiger partial charge on any atom is 0.126 e. The fourth-order valence-electron chi connectivity index (χ4n) is 2.28. The van der Waals surface area contributed by atoms with E-state index in [0.29, 0.717) is 5.92 Å². The maximum absolute atomic E-state index is 13.9. The van der Waals surface area contributed by atoms with Crippen LogP contribution in [0.15, 0.2) is 35.2 Å². The molecule has 1 unspecified atom stereocenters. The Kier molecular flexibility index (Phi) is 5.48. The number of hydrogen-bond donors (Lipinski definition) is 1. The molecule has 0 bridgehead atoms. The fourth-order valence-corrected chi connectivity index (χ4v) is 2.85. The number of aromatic nitrogens is 1. The highest BCUT2D eigenvalue weighted by atomic mass is 32.1. The molecule has 0 aliphatic rings. The lowest BCUT2D eigenvalue weighted by molar-refractivity contribution is 0.364. The van der Waals surface area contributed by atoms with Crippen molar-refractivity contribution in [1.82, 2.24) is 10.3 Å². The summed E-state index contributed by atoms with van der Waals surface area (Å²) >= 11 is 1.61. The van der Waals surface area contributed by atoms with Crippen LogP contribution in [0.25, 0.3) is 0 Å². The van der Waals surface area contributed by atoms with E-state index in [4.69, 9.17) is 0 Å². The van der Waals surface area contributed by atoms with Gasteiger partial charge in [-0.05, 0) is 57.7 Å². The zero-order valence-corrected chi connectivity index (χ0v) is 13.7. The Morgan fingerprint density at radius 2 is 2.00 bits per heavy atom. The lowest BCUT2D eigenvalue weighted by Crippen LogP contribution is -2.40. The number of rotatable bonds is 6. The topological polar surface area (TPSA) is 24.9 Å². The molecular formula is C17H23FN2S. The van der Waals surface area contributed by atoms with Crippen molar-refractivity contribution in [2.45, 2.75) is 39.2 Å². The van der Waals surface area contributed by atoms with Gasteiger partial charge >= 0.3 is 0 Å². The first-order valence-corrected chi connectivity index (χ1v) is 8.24. The van der Waals surface area contributed by atoms with Gasteiger partial charge in [0.15, 0.2) is 0 Å². The Bertz CT molecular complexity index is 546. The summed E-state index contributed by atoms with van der Waals surface area (Å²) in [6.45, 7) is 7.30. The number of thiazole rings is 1. The summed E-state index contributed by atoms with van der Waals surface area (Å²) in [5.41, 5.74) is 3.80. The van der Waals surface area contributed by atoms with Crippen LogP contribution in [0.1, 0.15) is 32.0 Å². The van der Waals surface area contributed by atoms with Crippen LogP contribution in [0.3, 0.4) is 0 Å². The molecule has 0 saturated heterocycles. The van der Waals surface area contributed by atoms with Gasteiger partial charge in [-0.1, -0.05) is 18.2 Å². The second-order valence-electron chi connectivity index (χ2n) is 6.48. The zero-order valence-electron chi connectivity index (χ0n) is 12.9. The number of hydrogen-bond acceptors (Lipinski definition) is 3. The van der Waals surface area contributed by atoms with Gasteiger partial charge in [-0.3, -0.25) is 0 Å². The molecule has 1 N–H and O–H groups in total. The average Bonchev–Trinajstić information content (AvgIpc) is 2.90. The number of nitrogens with one attached hydrogen (secondary N) is 1. The molecular weight excluding hydrogens is 283 g/mol. The van der Waals surface area contributed by atoms with Crippen molar-refractivity contribution in [2.75, 3.05) is 6.54 Å². The molecule has 0 fully saturated rings. The van der Waals surface area contributed by atoms with E-state index < -0.39 is 0 Å². The van der Waals surface area contributed by atoms with E-state index in [2.05, 4.69) is 36.5 Å². The van der Waals surface area contributed by atoms with Crippen molar-refractivity contribution < 1.29 is 4.39 Å². The smallest absolute Gasteiger partial charge is 0.126 e. The lowest BCUT2D eigenvalue weighted by Gasteiger charge is -2.25. The molecule has 21 heavy (non-hydrogen) atoms. The van der Waals surface area contributed by atoms with E-state index in [1.807, 2.05) is 17.6 Å². The van der Waals surface area contributed by atoms with E-state index in [1.54, 1.807) is 17.4 Å². The van der Waals surface area contributed by atoms with Crippen molar-refractivity contribution in [3.05, 3.63) is 52.2 Å².